The SMILES string of the molecule is CCOC(=O)c1cnn(C/C=C2\CN(C(C(=O)C3CC3)c3ccccc3F)CCC2S)n1. The summed E-state index contributed by atoms with van der Waals surface area (Å²) in [4.78, 5) is 28.4. The number of likely N-dealkylation sites (tertiary alicyclic amines) is 1. The fourth-order valence-electron chi connectivity index (χ4n) is 4.01. The van der Waals surface area contributed by atoms with Gasteiger partial charge in [0.15, 0.2) is 11.5 Å². The molecular weight excluding hydrogens is 431 g/mol. The molecule has 0 radical (unpaired) electrons. The van der Waals surface area contributed by atoms with Crippen molar-refractivity contribution < 1.29 is 18.7 Å². The second-order valence-electron chi connectivity index (χ2n) is 8.16. The Morgan fingerprint density at radius 1 is 1.31 bits per heavy atom. The Hall–Kier alpha value is -2.52. The smallest absolute Gasteiger partial charge is 0.360 e. The molecule has 9 heteroatoms. The van der Waals surface area contributed by atoms with Gasteiger partial charge in [-0.1, -0.05) is 24.3 Å². The standard InChI is InChI=1S/C23H27FN4O3S/c1-2-31-23(30)19-13-25-28(26-19)12-9-16-14-27(11-10-20(16)32)21(22(29)15-7-8-15)17-5-3-4-6-18(17)24/h3-6,9,13,15,20-21,32H,2,7-8,10-12,14H2,1H3/b16-9+. The van der Waals surface area contributed by atoms with Gasteiger partial charge in [-0.05, 0) is 37.8 Å². The third kappa shape index (κ3) is 5.10. The van der Waals surface area contributed by atoms with Crippen LogP contribution in [0.2, 0.25) is 0 Å². The molecule has 2 aliphatic rings. The number of allylic oxidation sites excluding steroid dienone is 1. The Kier molecular flexibility index (Phi) is 7.05. The fraction of sp³-hybridized carbons (Fsp3) is 0.478. The number of aromatic nitrogens is 3. The van der Waals surface area contributed by atoms with Crippen LogP contribution in [0.25, 0.3) is 0 Å². The molecule has 0 bridgehead atoms. The zero-order valence-electron chi connectivity index (χ0n) is 18.0. The van der Waals surface area contributed by atoms with Gasteiger partial charge in [-0.3, -0.25) is 9.69 Å². The van der Waals surface area contributed by atoms with Crippen LogP contribution in [0.5, 0.6) is 0 Å². The number of ether oxygens (including phenoxy) is 1. The van der Waals surface area contributed by atoms with Crippen molar-refractivity contribution in [2.45, 2.75) is 44.0 Å². The molecule has 170 valence electrons. The van der Waals surface area contributed by atoms with E-state index in [9.17, 15) is 14.0 Å². The van der Waals surface area contributed by atoms with Crippen LogP contribution in [0.3, 0.4) is 0 Å². The number of esters is 1. The predicted octanol–water partition coefficient (Wildman–Crippen LogP) is 3.24. The second kappa shape index (κ2) is 9.95. The summed E-state index contributed by atoms with van der Waals surface area (Å²) in [6.07, 6.45) is 5.86. The van der Waals surface area contributed by atoms with Crippen LogP contribution in [0.15, 0.2) is 42.1 Å². The van der Waals surface area contributed by atoms with E-state index in [-0.39, 0.29) is 35.1 Å². The van der Waals surface area contributed by atoms with Crippen molar-refractivity contribution in [2.24, 2.45) is 5.92 Å². The molecule has 1 saturated heterocycles. The molecule has 2 heterocycles. The number of Topliss-reactive ketones (excluding diaryl/α,β-unsaturated/α-hetero) is 1. The van der Waals surface area contributed by atoms with Crippen LogP contribution in [-0.4, -0.2) is 56.6 Å². The molecule has 4 rings (SSSR count). The molecule has 2 atom stereocenters. The van der Waals surface area contributed by atoms with Crippen molar-refractivity contribution in [3.05, 3.63) is 59.2 Å². The van der Waals surface area contributed by atoms with Gasteiger partial charge in [0.2, 0.25) is 0 Å². The maximum Gasteiger partial charge on any atom is 0.360 e. The van der Waals surface area contributed by atoms with E-state index in [0.717, 1.165) is 24.8 Å². The summed E-state index contributed by atoms with van der Waals surface area (Å²) in [6, 6.07) is 5.95. The Labute approximate surface area is 192 Å². The van der Waals surface area contributed by atoms with Crippen molar-refractivity contribution in [3.8, 4) is 0 Å². The van der Waals surface area contributed by atoms with Gasteiger partial charge < -0.3 is 4.74 Å². The minimum atomic E-state index is -0.592. The first-order valence-electron chi connectivity index (χ1n) is 10.9. The number of hydrogen-bond acceptors (Lipinski definition) is 7. The summed E-state index contributed by atoms with van der Waals surface area (Å²) in [5.74, 6) is -0.735. The monoisotopic (exact) mass is 458 g/mol. The molecule has 1 aromatic heterocycles. The highest BCUT2D eigenvalue weighted by molar-refractivity contribution is 7.81. The number of hydrogen-bond donors (Lipinski definition) is 1. The Balaban J connectivity index is 1.52. The van der Waals surface area contributed by atoms with Gasteiger partial charge >= 0.3 is 5.97 Å². The van der Waals surface area contributed by atoms with Crippen molar-refractivity contribution in [3.63, 3.8) is 0 Å². The molecule has 0 N–H and O–H groups in total. The molecule has 2 fully saturated rings. The van der Waals surface area contributed by atoms with Gasteiger partial charge in [-0.2, -0.15) is 22.5 Å². The summed E-state index contributed by atoms with van der Waals surface area (Å²) in [6.45, 7) is 3.54. The van der Waals surface area contributed by atoms with Gasteiger partial charge in [0.05, 0.1) is 25.4 Å². The van der Waals surface area contributed by atoms with E-state index in [2.05, 4.69) is 15.1 Å². The summed E-state index contributed by atoms with van der Waals surface area (Å²) < 4.78 is 19.6. The summed E-state index contributed by atoms with van der Waals surface area (Å²) >= 11 is 4.71. The quantitative estimate of drug-likeness (QED) is 0.372. The number of benzene rings is 1. The van der Waals surface area contributed by atoms with Crippen LogP contribution in [0.1, 0.15) is 48.3 Å². The van der Waals surface area contributed by atoms with E-state index in [0.29, 0.717) is 25.2 Å². The molecule has 32 heavy (non-hydrogen) atoms. The van der Waals surface area contributed by atoms with Crippen molar-refractivity contribution >= 4 is 24.4 Å². The zero-order chi connectivity index (χ0) is 22.7. The number of halogens is 1. The van der Waals surface area contributed by atoms with E-state index in [1.807, 2.05) is 6.08 Å². The van der Waals surface area contributed by atoms with Crippen molar-refractivity contribution in [2.75, 3.05) is 19.7 Å². The van der Waals surface area contributed by atoms with Gasteiger partial charge in [0, 0.05) is 29.8 Å². The first kappa shape index (κ1) is 22.7. The normalized spacial score (nSPS) is 21.5. The van der Waals surface area contributed by atoms with E-state index in [1.165, 1.54) is 17.1 Å². The van der Waals surface area contributed by atoms with E-state index in [1.54, 1.807) is 25.1 Å². The maximum absolute atomic E-state index is 14.6. The topological polar surface area (TPSA) is 77.3 Å². The minimum Gasteiger partial charge on any atom is -0.461 e. The lowest BCUT2D eigenvalue weighted by molar-refractivity contribution is -0.126. The average molecular weight is 459 g/mol. The minimum absolute atomic E-state index is 0.0235. The van der Waals surface area contributed by atoms with E-state index < -0.39 is 12.0 Å². The fourth-order valence-corrected chi connectivity index (χ4v) is 4.32. The van der Waals surface area contributed by atoms with Gasteiger partial charge in [0.1, 0.15) is 5.82 Å². The summed E-state index contributed by atoms with van der Waals surface area (Å²) in [5, 5.41) is 8.31. The highest BCUT2D eigenvalue weighted by atomic mass is 32.1. The van der Waals surface area contributed by atoms with Crippen LogP contribution < -0.4 is 0 Å². The number of carbonyl (C=O) groups excluding carboxylic acids is 2. The number of piperidine rings is 1. The number of carbonyl (C=O) groups is 2. The highest BCUT2D eigenvalue weighted by Crippen LogP contribution is 2.39. The third-order valence-electron chi connectivity index (χ3n) is 5.86. The Morgan fingerprint density at radius 2 is 2.09 bits per heavy atom. The summed E-state index contributed by atoms with van der Waals surface area (Å²) in [7, 11) is 0. The average Bonchev–Trinajstić information content (AvgIpc) is 3.53. The number of thiol groups is 1. The van der Waals surface area contributed by atoms with Gasteiger partial charge in [-0.15, -0.1) is 5.10 Å². The number of nitrogens with zero attached hydrogens (tertiary/aromatic N) is 4. The molecule has 7 nitrogen and oxygen atoms in total. The van der Waals surface area contributed by atoms with Crippen molar-refractivity contribution in [1.29, 1.82) is 0 Å². The van der Waals surface area contributed by atoms with Crippen LogP contribution >= 0.6 is 12.6 Å². The molecule has 1 aliphatic heterocycles. The molecule has 0 amide bonds. The second-order valence-corrected chi connectivity index (χ2v) is 8.78. The van der Waals surface area contributed by atoms with Gasteiger partial charge in [-0.25, -0.2) is 9.18 Å². The van der Waals surface area contributed by atoms with Crippen molar-refractivity contribution in [1.82, 2.24) is 19.9 Å². The lowest BCUT2D eigenvalue weighted by Crippen LogP contribution is -2.42. The molecular formula is C23H27FN4O3S. The predicted molar refractivity (Wildman–Crippen MR) is 120 cm³/mol. The van der Waals surface area contributed by atoms with Crippen LogP contribution in [0.4, 0.5) is 4.39 Å². The molecule has 1 aromatic carbocycles. The summed E-state index contributed by atoms with van der Waals surface area (Å²) in [5.41, 5.74) is 1.63. The molecule has 2 aromatic rings. The number of ketones is 1. The Bertz CT molecular complexity index is 1020. The van der Waals surface area contributed by atoms with Crippen LogP contribution in [-0.2, 0) is 16.1 Å². The van der Waals surface area contributed by atoms with E-state index in [4.69, 9.17) is 17.4 Å². The highest BCUT2D eigenvalue weighted by Gasteiger charge is 2.40. The maximum atomic E-state index is 14.6. The first-order valence-corrected chi connectivity index (χ1v) is 11.5. The Morgan fingerprint density at radius 3 is 2.81 bits per heavy atom. The zero-order valence-corrected chi connectivity index (χ0v) is 18.9. The lowest BCUT2D eigenvalue weighted by atomic mass is 9.93. The lowest BCUT2D eigenvalue weighted by Gasteiger charge is -2.37. The molecule has 1 saturated carbocycles. The molecule has 0 spiro atoms. The molecule has 1 aliphatic carbocycles. The third-order valence-corrected chi connectivity index (χ3v) is 6.45. The largest absolute Gasteiger partial charge is 0.461 e. The van der Waals surface area contributed by atoms with Gasteiger partial charge in [0.25, 0.3) is 0 Å². The molecule has 2 unspecified atom stereocenters. The number of rotatable bonds is 8. The van der Waals surface area contributed by atoms with Crippen LogP contribution in [0, 0.1) is 11.7 Å². The van der Waals surface area contributed by atoms with E-state index >= 15 is 0 Å². The first-order chi connectivity index (χ1) is 15.5.